The summed E-state index contributed by atoms with van der Waals surface area (Å²) in [4.78, 5) is 2.59. The smallest absolute Gasteiger partial charge is 0.0231 e. The van der Waals surface area contributed by atoms with E-state index in [9.17, 15) is 0 Å². The van der Waals surface area contributed by atoms with E-state index < -0.39 is 0 Å². The summed E-state index contributed by atoms with van der Waals surface area (Å²) >= 11 is 0. The third-order valence-electron chi connectivity index (χ3n) is 3.62. The van der Waals surface area contributed by atoms with Gasteiger partial charge in [0, 0.05) is 31.5 Å². The van der Waals surface area contributed by atoms with E-state index in [1.165, 1.54) is 44.5 Å². The molecule has 0 aliphatic carbocycles. The van der Waals surface area contributed by atoms with Crippen LogP contribution in [0.2, 0.25) is 0 Å². The predicted octanol–water partition coefficient (Wildman–Crippen LogP) is 2.47. The highest BCUT2D eigenvalue weighted by molar-refractivity contribution is 5.09. The van der Waals surface area contributed by atoms with Gasteiger partial charge in [0.25, 0.3) is 0 Å². The molecule has 1 aliphatic heterocycles. The normalized spacial score (nSPS) is 16.8. The van der Waals surface area contributed by atoms with Crippen LogP contribution in [-0.2, 0) is 13.1 Å². The highest BCUT2D eigenvalue weighted by atomic mass is 15.1. The van der Waals surface area contributed by atoms with Crippen LogP contribution in [0.4, 0.5) is 0 Å². The van der Waals surface area contributed by atoms with Crippen molar-refractivity contribution in [2.45, 2.75) is 52.2 Å². The highest BCUT2D eigenvalue weighted by Gasteiger charge is 2.10. The van der Waals surface area contributed by atoms with Crippen molar-refractivity contribution < 1.29 is 0 Å². The summed E-state index contributed by atoms with van der Waals surface area (Å²) < 4.78 is 2.33. The minimum atomic E-state index is 0.559. The van der Waals surface area contributed by atoms with Crippen LogP contribution >= 0.6 is 0 Å². The maximum Gasteiger partial charge on any atom is 0.0231 e. The van der Waals surface area contributed by atoms with Gasteiger partial charge in [0.1, 0.15) is 0 Å². The summed E-state index contributed by atoms with van der Waals surface area (Å²) in [6.07, 6.45) is 8.55. The second-order valence-corrected chi connectivity index (χ2v) is 5.70. The van der Waals surface area contributed by atoms with Gasteiger partial charge in [0.2, 0.25) is 0 Å². The lowest BCUT2D eigenvalue weighted by atomic mass is 10.3. The van der Waals surface area contributed by atoms with Crippen molar-refractivity contribution in [1.82, 2.24) is 14.8 Å². The predicted molar refractivity (Wildman–Crippen MR) is 76.7 cm³/mol. The van der Waals surface area contributed by atoms with Gasteiger partial charge < -0.3 is 14.8 Å². The molecule has 1 saturated heterocycles. The third kappa shape index (κ3) is 4.46. The number of nitrogens with one attached hydrogen (secondary N) is 1. The van der Waals surface area contributed by atoms with Gasteiger partial charge >= 0.3 is 0 Å². The van der Waals surface area contributed by atoms with Gasteiger partial charge in [-0.3, -0.25) is 0 Å². The number of hydrogen-bond donors (Lipinski definition) is 1. The molecule has 3 heteroatoms. The Balaban J connectivity index is 1.66. The molecule has 0 unspecified atom stereocenters. The fourth-order valence-corrected chi connectivity index (χ4v) is 2.54. The van der Waals surface area contributed by atoms with Crippen LogP contribution < -0.4 is 5.32 Å². The summed E-state index contributed by atoms with van der Waals surface area (Å²) in [7, 11) is 0. The number of likely N-dealkylation sites (tertiary alicyclic amines) is 1. The summed E-state index contributed by atoms with van der Waals surface area (Å²) in [6.45, 7) is 10.4. The zero-order valence-electron chi connectivity index (χ0n) is 11.9. The Bertz CT molecular complexity index is 337. The number of aromatic nitrogens is 1. The molecule has 2 heterocycles. The van der Waals surface area contributed by atoms with Gasteiger partial charge in [-0.25, -0.2) is 0 Å². The Kier molecular flexibility index (Phi) is 5.26. The van der Waals surface area contributed by atoms with E-state index in [1.54, 1.807) is 0 Å². The number of hydrogen-bond acceptors (Lipinski definition) is 2. The molecule has 2 rings (SSSR count). The van der Waals surface area contributed by atoms with Crippen molar-refractivity contribution in [2.24, 2.45) is 0 Å². The molecule has 0 spiro atoms. The first-order chi connectivity index (χ1) is 8.74. The molecule has 1 aromatic rings. The van der Waals surface area contributed by atoms with E-state index in [0.717, 1.165) is 13.1 Å². The average molecular weight is 249 g/mol. The van der Waals surface area contributed by atoms with E-state index >= 15 is 0 Å². The second kappa shape index (κ2) is 6.95. The van der Waals surface area contributed by atoms with E-state index in [-0.39, 0.29) is 0 Å². The first-order valence-corrected chi connectivity index (χ1v) is 7.34. The van der Waals surface area contributed by atoms with Gasteiger partial charge in [-0.1, -0.05) is 13.8 Å². The maximum absolute atomic E-state index is 3.45. The van der Waals surface area contributed by atoms with Gasteiger partial charge in [-0.2, -0.15) is 0 Å². The SMILES string of the molecule is CC(C)NCc1ccn(CCCN2CCCC2)c1. The molecule has 3 nitrogen and oxygen atoms in total. The average Bonchev–Trinajstić information content (AvgIpc) is 2.97. The Morgan fingerprint density at radius 3 is 2.72 bits per heavy atom. The van der Waals surface area contributed by atoms with E-state index in [2.05, 4.69) is 47.1 Å². The molecule has 1 aromatic heterocycles. The second-order valence-electron chi connectivity index (χ2n) is 5.70. The molecule has 1 fully saturated rings. The van der Waals surface area contributed by atoms with Crippen LogP contribution in [0.5, 0.6) is 0 Å². The summed E-state index contributed by atoms with van der Waals surface area (Å²) in [5.41, 5.74) is 1.39. The molecular weight excluding hydrogens is 222 g/mol. The van der Waals surface area contributed by atoms with Gasteiger partial charge in [0.05, 0.1) is 0 Å². The molecule has 1 N–H and O–H groups in total. The molecule has 18 heavy (non-hydrogen) atoms. The topological polar surface area (TPSA) is 20.2 Å². The lowest BCUT2D eigenvalue weighted by Crippen LogP contribution is -2.22. The highest BCUT2D eigenvalue weighted by Crippen LogP contribution is 2.08. The zero-order chi connectivity index (χ0) is 12.8. The van der Waals surface area contributed by atoms with Crippen LogP contribution in [0, 0.1) is 0 Å². The fourth-order valence-electron chi connectivity index (χ4n) is 2.54. The van der Waals surface area contributed by atoms with Gasteiger partial charge in [0.15, 0.2) is 0 Å². The Hall–Kier alpha value is -0.800. The summed E-state index contributed by atoms with van der Waals surface area (Å²) in [5, 5.41) is 3.45. The van der Waals surface area contributed by atoms with Crippen LogP contribution in [0.3, 0.4) is 0 Å². The third-order valence-corrected chi connectivity index (χ3v) is 3.62. The van der Waals surface area contributed by atoms with E-state index in [1.807, 2.05) is 0 Å². The lowest BCUT2D eigenvalue weighted by Gasteiger charge is -2.14. The monoisotopic (exact) mass is 249 g/mol. The van der Waals surface area contributed by atoms with Crippen LogP contribution in [0.1, 0.15) is 38.7 Å². The van der Waals surface area contributed by atoms with Crippen molar-refractivity contribution in [1.29, 1.82) is 0 Å². The van der Waals surface area contributed by atoms with Gasteiger partial charge in [-0.15, -0.1) is 0 Å². The van der Waals surface area contributed by atoms with Crippen molar-refractivity contribution in [3.63, 3.8) is 0 Å². The van der Waals surface area contributed by atoms with Crippen LogP contribution in [-0.4, -0.2) is 35.1 Å². The molecule has 0 radical (unpaired) electrons. The van der Waals surface area contributed by atoms with E-state index in [4.69, 9.17) is 0 Å². The summed E-state index contributed by atoms with van der Waals surface area (Å²) in [6, 6.07) is 2.79. The Morgan fingerprint density at radius 2 is 2.00 bits per heavy atom. The van der Waals surface area contributed by atoms with Crippen LogP contribution in [0.25, 0.3) is 0 Å². The lowest BCUT2D eigenvalue weighted by molar-refractivity contribution is 0.325. The fraction of sp³-hybridized carbons (Fsp3) is 0.733. The first kappa shape index (κ1) is 13.6. The molecule has 0 amide bonds. The molecule has 0 saturated carbocycles. The van der Waals surface area contributed by atoms with Crippen molar-refractivity contribution in [3.05, 3.63) is 24.0 Å². The minimum Gasteiger partial charge on any atom is -0.354 e. The van der Waals surface area contributed by atoms with Crippen LogP contribution in [0.15, 0.2) is 18.5 Å². The first-order valence-electron chi connectivity index (χ1n) is 7.34. The van der Waals surface area contributed by atoms with Crippen molar-refractivity contribution in [2.75, 3.05) is 19.6 Å². The molecule has 0 bridgehead atoms. The minimum absolute atomic E-state index is 0.559. The van der Waals surface area contributed by atoms with Crippen molar-refractivity contribution >= 4 is 0 Å². The van der Waals surface area contributed by atoms with Gasteiger partial charge in [-0.05, 0) is 50.5 Å². The summed E-state index contributed by atoms with van der Waals surface area (Å²) in [5.74, 6) is 0. The molecular formula is C15H27N3. The number of rotatable bonds is 7. The van der Waals surface area contributed by atoms with E-state index in [0.29, 0.717) is 6.04 Å². The quantitative estimate of drug-likeness (QED) is 0.801. The number of nitrogens with zero attached hydrogens (tertiary/aromatic N) is 2. The maximum atomic E-state index is 3.45. The Labute approximate surface area is 111 Å². The largest absolute Gasteiger partial charge is 0.354 e. The zero-order valence-corrected chi connectivity index (χ0v) is 11.9. The molecule has 102 valence electrons. The molecule has 0 aromatic carbocycles. The number of aryl methyl sites for hydroxylation is 1. The standard InChI is InChI=1S/C15H27N3/c1-14(2)16-12-15-6-11-18(13-15)10-5-9-17-7-3-4-8-17/h6,11,13-14,16H,3-5,7-10,12H2,1-2H3. The Morgan fingerprint density at radius 1 is 1.22 bits per heavy atom. The molecule has 1 aliphatic rings. The molecule has 0 atom stereocenters. The van der Waals surface area contributed by atoms with Crippen molar-refractivity contribution in [3.8, 4) is 0 Å².